The second-order valence-electron chi connectivity index (χ2n) is 6.37. The highest BCUT2D eigenvalue weighted by atomic mass is 32.1. The lowest BCUT2D eigenvalue weighted by Gasteiger charge is -2.21. The molecule has 2 aromatic carbocycles. The number of carbonyl (C=O) groups is 2. The van der Waals surface area contributed by atoms with Crippen molar-refractivity contribution in [2.45, 2.75) is 20.1 Å². The first-order valence-electron chi connectivity index (χ1n) is 9.35. The maximum Gasteiger partial charge on any atom is 0.251 e. The van der Waals surface area contributed by atoms with Gasteiger partial charge in [-0.05, 0) is 30.7 Å². The van der Waals surface area contributed by atoms with Gasteiger partial charge in [-0.15, -0.1) is 11.3 Å². The third kappa shape index (κ3) is 6.15. The van der Waals surface area contributed by atoms with Crippen LogP contribution in [0.2, 0.25) is 0 Å². The molecule has 1 heterocycles. The number of likely N-dealkylation sites (N-methyl/N-ethyl adjacent to an activating group) is 1. The SMILES string of the molecule is CCN(Cc1ccccc1)C(=O)CNC(=O)c1cccc(OCc2cscn2)c1. The first kappa shape index (κ1) is 20.5. The highest BCUT2D eigenvalue weighted by Crippen LogP contribution is 2.15. The van der Waals surface area contributed by atoms with E-state index in [1.54, 1.807) is 34.7 Å². The summed E-state index contributed by atoms with van der Waals surface area (Å²) in [6.07, 6.45) is 0. The van der Waals surface area contributed by atoms with Gasteiger partial charge in [-0.1, -0.05) is 36.4 Å². The number of carbonyl (C=O) groups excluding carboxylic acids is 2. The Morgan fingerprint density at radius 1 is 1.14 bits per heavy atom. The van der Waals surface area contributed by atoms with Crippen LogP contribution in [0.4, 0.5) is 0 Å². The lowest BCUT2D eigenvalue weighted by atomic mass is 10.2. The number of ether oxygens (including phenoxy) is 1. The predicted octanol–water partition coefficient (Wildman–Crippen LogP) is 3.50. The number of hydrogen-bond donors (Lipinski definition) is 1. The number of aromatic nitrogens is 1. The molecule has 2 amide bonds. The van der Waals surface area contributed by atoms with Crippen LogP contribution >= 0.6 is 11.3 Å². The van der Waals surface area contributed by atoms with Gasteiger partial charge in [0.15, 0.2) is 0 Å². The summed E-state index contributed by atoms with van der Waals surface area (Å²) in [6, 6.07) is 16.7. The van der Waals surface area contributed by atoms with Gasteiger partial charge in [0.2, 0.25) is 5.91 Å². The topological polar surface area (TPSA) is 71.5 Å². The Balaban J connectivity index is 1.52. The first-order valence-corrected chi connectivity index (χ1v) is 10.3. The van der Waals surface area contributed by atoms with Crippen LogP contribution in [0, 0.1) is 0 Å². The number of hydrogen-bond acceptors (Lipinski definition) is 5. The second kappa shape index (κ2) is 10.4. The molecule has 0 unspecified atom stereocenters. The number of benzene rings is 2. The zero-order valence-corrected chi connectivity index (χ0v) is 17.0. The fourth-order valence-electron chi connectivity index (χ4n) is 2.74. The monoisotopic (exact) mass is 409 g/mol. The van der Waals surface area contributed by atoms with Gasteiger partial charge in [-0.25, -0.2) is 4.98 Å². The van der Waals surface area contributed by atoms with E-state index < -0.39 is 0 Å². The quantitative estimate of drug-likeness (QED) is 0.587. The molecule has 3 aromatic rings. The van der Waals surface area contributed by atoms with Gasteiger partial charge in [0.25, 0.3) is 5.91 Å². The predicted molar refractivity (Wildman–Crippen MR) is 113 cm³/mol. The van der Waals surface area contributed by atoms with Crippen molar-refractivity contribution in [1.82, 2.24) is 15.2 Å². The molecule has 0 aliphatic heterocycles. The van der Waals surface area contributed by atoms with E-state index in [0.717, 1.165) is 11.3 Å². The summed E-state index contributed by atoms with van der Waals surface area (Å²) in [5.41, 5.74) is 4.09. The largest absolute Gasteiger partial charge is 0.487 e. The molecule has 0 aliphatic rings. The third-order valence-corrected chi connectivity index (χ3v) is 4.95. The van der Waals surface area contributed by atoms with E-state index in [4.69, 9.17) is 4.74 Å². The van der Waals surface area contributed by atoms with Gasteiger partial charge in [0.1, 0.15) is 12.4 Å². The summed E-state index contributed by atoms with van der Waals surface area (Å²) in [5.74, 6) is 0.144. The van der Waals surface area contributed by atoms with E-state index in [1.165, 1.54) is 11.3 Å². The van der Waals surface area contributed by atoms with E-state index >= 15 is 0 Å². The van der Waals surface area contributed by atoms with Crippen molar-refractivity contribution in [3.63, 3.8) is 0 Å². The fourth-order valence-corrected chi connectivity index (χ4v) is 3.29. The van der Waals surface area contributed by atoms with E-state index in [-0.39, 0.29) is 18.4 Å². The number of nitrogens with zero attached hydrogens (tertiary/aromatic N) is 2. The van der Waals surface area contributed by atoms with Gasteiger partial charge >= 0.3 is 0 Å². The summed E-state index contributed by atoms with van der Waals surface area (Å²) >= 11 is 1.51. The Kier molecular flexibility index (Phi) is 7.35. The Morgan fingerprint density at radius 3 is 2.69 bits per heavy atom. The van der Waals surface area contributed by atoms with Crippen LogP contribution in [0.3, 0.4) is 0 Å². The van der Waals surface area contributed by atoms with E-state index in [2.05, 4.69) is 10.3 Å². The van der Waals surface area contributed by atoms with Crippen LogP contribution in [0.1, 0.15) is 28.5 Å². The summed E-state index contributed by atoms with van der Waals surface area (Å²) in [6.45, 7) is 3.31. The van der Waals surface area contributed by atoms with Gasteiger partial charge < -0.3 is 15.0 Å². The van der Waals surface area contributed by atoms with Gasteiger partial charge in [-0.3, -0.25) is 9.59 Å². The minimum absolute atomic E-state index is 0.0522. The molecule has 7 heteroatoms. The number of nitrogens with one attached hydrogen (secondary N) is 1. The highest BCUT2D eigenvalue weighted by Gasteiger charge is 2.14. The molecule has 0 spiro atoms. The molecule has 6 nitrogen and oxygen atoms in total. The van der Waals surface area contributed by atoms with Gasteiger partial charge in [-0.2, -0.15) is 0 Å². The molecule has 0 saturated heterocycles. The molecule has 0 atom stereocenters. The first-order chi connectivity index (χ1) is 14.2. The molecular weight excluding hydrogens is 386 g/mol. The Labute approximate surface area is 174 Å². The van der Waals surface area contributed by atoms with E-state index in [0.29, 0.717) is 31.0 Å². The molecule has 0 fully saturated rings. The second-order valence-corrected chi connectivity index (χ2v) is 7.09. The summed E-state index contributed by atoms with van der Waals surface area (Å²) in [7, 11) is 0. The maximum atomic E-state index is 12.5. The maximum absolute atomic E-state index is 12.5. The minimum atomic E-state index is -0.312. The smallest absolute Gasteiger partial charge is 0.251 e. The molecule has 0 saturated carbocycles. The van der Waals surface area contributed by atoms with Crippen LogP contribution in [0.15, 0.2) is 65.5 Å². The molecule has 1 aromatic heterocycles. The van der Waals surface area contributed by atoms with Crippen molar-refractivity contribution >= 4 is 23.2 Å². The number of amides is 2. The number of rotatable bonds is 9. The van der Waals surface area contributed by atoms with Crippen LogP contribution in [-0.2, 0) is 17.9 Å². The molecule has 0 bridgehead atoms. The molecule has 3 rings (SSSR count). The summed E-state index contributed by atoms with van der Waals surface area (Å²) < 4.78 is 5.68. The van der Waals surface area contributed by atoms with E-state index in [9.17, 15) is 9.59 Å². The van der Waals surface area contributed by atoms with Crippen LogP contribution in [-0.4, -0.2) is 34.8 Å². The lowest BCUT2D eigenvalue weighted by Crippen LogP contribution is -2.39. The van der Waals surface area contributed by atoms with Gasteiger partial charge in [0, 0.05) is 24.0 Å². The molecule has 0 aliphatic carbocycles. The number of thiazole rings is 1. The normalized spacial score (nSPS) is 10.4. The summed E-state index contributed by atoms with van der Waals surface area (Å²) in [4.78, 5) is 30.8. The molecular formula is C22H23N3O3S. The average molecular weight is 410 g/mol. The van der Waals surface area contributed by atoms with Crippen LogP contribution in [0.25, 0.3) is 0 Å². The molecule has 1 N–H and O–H groups in total. The van der Waals surface area contributed by atoms with Crippen molar-refractivity contribution in [3.05, 3.63) is 82.3 Å². The van der Waals surface area contributed by atoms with Crippen LogP contribution in [0.5, 0.6) is 5.75 Å². The molecule has 150 valence electrons. The summed E-state index contributed by atoms with van der Waals surface area (Å²) in [5, 5.41) is 4.61. The van der Waals surface area contributed by atoms with Crippen molar-refractivity contribution in [3.8, 4) is 5.75 Å². The zero-order chi connectivity index (χ0) is 20.5. The van der Waals surface area contributed by atoms with Crippen molar-refractivity contribution in [2.24, 2.45) is 0 Å². The Morgan fingerprint density at radius 2 is 1.97 bits per heavy atom. The average Bonchev–Trinajstić information content (AvgIpc) is 3.29. The van der Waals surface area contributed by atoms with Crippen LogP contribution < -0.4 is 10.1 Å². The fraction of sp³-hybridized carbons (Fsp3) is 0.227. The van der Waals surface area contributed by atoms with Gasteiger partial charge in [0.05, 0.1) is 17.7 Å². The Bertz CT molecular complexity index is 929. The van der Waals surface area contributed by atoms with Crippen molar-refractivity contribution in [1.29, 1.82) is 0 Å². The Hall–Kier alpha value is -3.19. The molecule has 0 radical (unpaired) electrons. The van der Waals surface area contributed by atoms with Crippen molar-refractivity contribution < 1.29 is 14.3 Å². The zero-order valence-electron chi connectivity index (χ0n) is 16.2. The minimum Gasteiger partial charge on any atom is -0.487 e. The van der Waals surface area contributed by atoms with E-state index in [1.807, 2.05) is 42.6 Å². The third-order valence-electron chi connectivity index (χ3n) is 4.32. The molecule has 29 heavy (non-hydrogen) atoms. The standard InChI is InChI=1S/C22H23N3O3S/c1-2-25(13-17-7-4-3-5-8-17)21(26)12-23-22(27)18-9-6-10-20(11-18)28-14-19-15-29-16-24-19/h3-11,15-16H,2,12-14H2,1H3,(H,23,27). The van der Waals surface area contributed by atoms with Crippen molar-refractivity contribution in [2.75, 3.05) is 13.1 Å². The highest BCUT2D eigenvalue weighted by molar-refractivity contribution is 7.07. The lowest BCUT2D eigenvalue weighted by molar-refractivity contribution is -0.130.